The molecule has 0 unspecified atom stereocenters. The average Bonchev–Trinajstić information content (AvgIpc) is 3.10. The van der Waals surface area contributed by atoms with Crippen molar-refractivity contribution in [3.05, 3.63) is 42.4 Å². The highest BCUT2D eigenvalue weighted by Crippen LogP contribution is 2.29. The van der Waals surface area contributed by atoms with Crippen molar-refractivity contribution in [2.24, 2.45) is 0 Å². The molecule has 0 atom stereocenters. The third-order valence-corrected chi connectivity index (χ3v) is 5.59. The van der Waals surface area contributed by atoms with Gasteiger partial charge < -0.3 is 14.5 Å². The molecule has 0 saturated carbocycles. The van der Waals surface area contributed by atoms with Crippen molar-refractivity contribution in [2.75, 3.05) is 25.5 Å². The van der Waals surface area contributed by atoms with Crippen molar-refractivity contribution >= 4 is 21.6 Å². The van der Waals surface area contributed by atoms with E-state index in [4.69, 9.17) is 9.15 Å². The van der Waals surface area contributed by atoms with Crippen LogP contribution in [0.1, 0.15) is 24.2 Å². The Hall–Kier alpha value is -2.32. The predicted octanol–water partition coefficient (Wildman–Crippen LogP) is 2.57. The lowest BCUT2D eigenvalue weighted by Crippen LogP contribution is -2.30. The van der Waals surface area contributed by atoms with E-state index in [1.54, 1.807) is 13.8 Å². The van der Waals surface area contributed by atoms with Gasteiger partial charge >= 0.3 is 0 Å². The van der Waals surface area contributed by atoms with Crippen LogP contribution in [0.3, 0.4) is 0 Å². The molecule has 1 N–H and O–H groups in total. The number of methoxy groups -OCH3 is 1. The normalized spacial score (nSPS) is 11.5. The first-order chi connectivity index (χ1) is 11.4. The summed E-state index contributed by atoms with van der Waals surface area (Å²) in [5.74, 6) is -0.0511. The zero-order valence-electron chi connectivity index (χ0n) is 13.8. The number of amides is 1. The monoisotopic (exact) mass is 352 g/mol. The van der Waals surface area contributed by atoms with Gasteiger partial charge in [-0.3, -0.25) is 4.79 Å². The molecule has 24 heavy (non-hydrogen) atoms. The summed E-state index contributed by atoms with van der Waals surface area (Å²) in [6.45, 7) is 4.27. The van der Waals surface area contributed by atoms with Crippen LogP contribution >= 0.6 is 0 Å². The minimum absolute atomic E-state index is 0.0921. The van der Waals surface area contributed by atoms with E-state index in [1.807, 2.05) is 0 Å². The molecular weight excluding hydrogens is 332 g/mol. The van der Waals surface area contributed by atoms with Crippen LogP contribution < -0.4 is 10.1 Å². The first kappa shape index (κ1) is 18.0. The summed E-state index contributed by atoms with van der Waals surface area (Å²) in [5.41, 5.74) is 0.603. The topological polar surface area (TPSA) is 88.9 Å². The Balaban J connectivity index is 2.39. The quantitative estimate of drug-likeness (QED) is 0.827. The Kier molecular flexibility index (Phi) is 5.63. The molecule has 0 aliphatic rings. The number of hydrogen-bond acceptors (Lipinski definition) is 5. The van der Waals surface area contributed by atoms with Crippen molar-refractivity contribution in [2.45, 2.75) is 18.7 Å². The Morgan fingerprint density at radius 2 is 1.96 bits per heavy atom. The molecule has 1 aromatic heterocycles. The van der Waals surface area contributed by atoms with Crippen molar-refractivity contribution in [1.82, 2.24) is 4.31 Å². The van der Waals surface area contributed by atoms with Gasteiger partial charge in [0, 0.05) is 13.1 Å². The van der Waals surface area contributed by atoms with Gasteiger partial charge in [0.2, 0.25) is 10.0 Å². The molecule has 0 spiro atoms. The zero-order valence-corrected chi connectivity index (χ0v) is 14.6. The molecule has 1 aromatic carbocycles. The highest BCUT2D eigenvalue weighted by atomic mass is 32.2. The van der Waals surface area contributed by atoms with Crippen molar-refractivity contribution in [3.8, 4) is 5.75 Å². The number of rotatable bonds is 7. The smallest absolute Gasteiger partial charge is 0.259 e. The molecule has 8 heteroatoms. The van der Waals surface area contributed by atoms with Crippen molar-refractivity contribution in [3.63, 3.8) is 0 Å². The van der Waals surface area contributed by atoms with Gasteiger partial charge in [-0.1, -0.05) is 13.8 Å². The van der Waals surface area contributed by atoms with Gasteiger partial charge in [-0.2, -0.15) is 4.31 Å². The van der Waals surface area contributed by atoms with E-state index < -0.39 is 15.9 Å². The first-order valence-corrected chi connectivity index (χ1v) is 8.89. The number of sulfonamides is 1. The van der Waals surface area contributed by atoms with Crippen LogP contribution in [0.2, 0.25) is 0 Å². The highest BCUT2D eigenvalue weighted by molar-refractivity contribution is 7.89. The third-order valence-electron chi connectivity index (χ3n) is 3.55. The van der Waals surface area contributed by atoms with E-state index in [9.17, 15) is 13.2 Å². The summed E-state index contributed by atoms with van der Waals surface area (Å²) >= 11 is 0. The molecule has 0 saturated heterocycles. The van der Waals surface area contributed by atoms with Crippen LogP contribution in [0.4, 0.5) is 5.69 Å². The van der Waals surface area contributed by atoms with E-state index in [2.05, 4.69) is 5.32 Å². The van der Waals surface area contributed by atoms with E-state index in [-0.39, 0.29) is 10.6 Å². The number of furan rings is 1. The van der Waals surface area contributed by atoms with Crippen molar-refractivity contribution < 1.29 is 22.4 Å². The molecule has 0 radical (unpaired) electrons. The number of nitrogens with one attached hydrogen (secondary N) is 1. The Bertz CT molecular complexity index is 796. The summed E-state index contributed by atoms with van der Waals surface area (Å²) in [6.07, 6.45) is 2.69. The maximum absolute atomic E-state index is 12.6. The second kappa shape index (κ2) is 7.50. The highest BCUT2D eigenvalue weighted by Gasteiger charge is 2.23. The molecule has 0 aliphatic carbocycles. The molecular formula is C16H20N2O5S. The van der Waals surface area contributed by atoms with E-state index in [1.165, 1.54) is 48.2 Å². The summed E-state index contributed by atoms with van der Waals surface area (Å²) < 4.78 is 36.7. The summed E-state index contributed by atoms with van der Waals surface area (Å²) in [5, 5.41) is 2.64. The first-order valence-electron chi connectivity index (χ1n) is 7.45. The summed E-state index contributed by atoms with van der Waals surface area (Å²) in [7, 11) is -2.18. The van der Waals surface area contributed by atoms with Crippen LogP contribution in [0.5, 0.6) is 5.75 Å². The summed E-state index contributed by atoms with van der Waals surface area (Å²) in [6, 6.07) is 5.88. The average molecular weight is 352 g/mol. The van der Waals surface area contributed by atoms with E-state index in [0.29, 0.717) is 24.4 Å². The Labute approximate surface area is 141 Å². The summed E-state index contributed by atoms with van der Waals surface area (Å²) in [4.78, 5) is 12.3. The van der Waals surface area contributed by atoms with E-state index >= 15 is 0 Å². The lowest BCUT2D eigenvalue weighted by atomic mass is 10.2. The SMILES string of the molecule is CCN(CC)S(=O)(=O)c1ccc(OC)c(NC(=O)c2ccoc2)c1. The molecule has 1 heterocycles. The van der Waals surface area contributed by atoms with Gasteiger partial charge in [-0.05, 0) is 24.3 Å². The minimum Gasteiger partial charge on any atom is -0.495 e. The van der Waals surface area contributed by atoms with Crippen LogP contribution in [-0.4, -0.2) is 38.8 Å². The van der Waals surface area contributed by atoms with E-state index in [0.717, 1.165) is 0 Å². The minimum atomic E-state index is -3.63. The standard InChI is InChI=1S/C16H20N2O5S/c1-4-18(5-2)24(20,21)13-6-7-15(22-3)14(10-13)17-16(19)12-8-9-23-11-12/h6-11H,4-5H2,1-3H3,(H,17,19). The Morgan fingerprint density at radius 1 is 1.25 bits per heavy atom. The number of carbonyl (C=O) groups is 1. The maximum atomic E-state index is 12.6. The fourth-order valence-corrected chi connectivity index (χ4v) is 3.73. The molecule has 0 fully saturated rings. The lowest BCUT2D eigenvalue weighted by Gasteiger charge is -2.19. The van der Waals surface area contributed by atoms with Gasteiger partial charge in [-0.25, -0.2) is 8.42 Å². The van der Waals surface area contributed by atoms with Gasteiger partial charge in [0.05, 0.1) is 29.5 Å². The van der Waals surface area contributed by atoms with Gasteiger partial charge in [0.15, 0.2) is 0 Å². The number of nitrogens with zero attached hydrogens (tertiary/aromatic N) is 1. The fourth-order valence-electron chi connectivity index (χ4n) is 2.25. The molecule has 2 rings (SSSR count). The van der Waals surface area contributed by atoms with Crippen LogP contribution in [0, 0.1) is 0 Å². The van der Waals surface area contributed by atoms with Crippen LogP contribution in [0.15, 0.2) is 46.1 Å². The number of anilines is 1. The molecule has 0 bridgehead atoms. The second-order valence-corrected chi connectivity index (χ2v) is 6.86. The third kappa shape index (κ3) is 3.60. The molecule has 0 aliphatic heterocycles. The largest absolute Gasteiger partial charge is 0.495 e. The number of ether oxygens (including phenoxy) is 1. The number of carbonyl (C=O) groups excluding carboxylic acids is 1. The second-order valence-electron chi connectivity index (χ2n) is 4.92. The molecule has 1 amide bonds. The lowest BCUT2D eigenvalue weighted by molar-refractivity contribution is 0.102. The zero-order chi connectivity index (χ0) is 17.7. The fraction of sp³-hybridized carbons (Fsp3) is 0.312. The van der Waals surface area contributed by atoms with Gasteiger partial charge in [0.25, 0.3) is 5.91 Å². The molecule has 7 nitrogen and oxygen atoms in total. The molecule has 2 aromatic rings. The predicted molar refractivity (Wildman–Crippen MR) is 89.8 cm³/mol. The van der Waals surface area contributed by atoms with Crippen LogP contribution in [-0.2, 0) is 10.0 Å². The molecule has 130 valence electrons. The Morgan fingerprint density at radius 3 is 2.50 bits per heavy atom. The van der Waals surface area contributed by atoms with Gasteiger partial charge in [0.1, 0.15) is 12.0 Å². The van der Waals surface area contributed by atoms with Gasteiger partial charge in [-0.15, -0.1) is 0 Å². The van der Waals surface area contributed by atoms with Crippen LogP contribution in [0.25, 0.3) is 0 Å². The maximum Gasteiger partial charge on any atom is 0.259 e. The number of hydrogen-bond donors (Lipinski definition) is 1. The van der Waals surface area contributed by atoms with Crippen molar-refractivity contribution in [1.29, 1.82) is 0 Å². The number of benzene rings is 1.